The van der Waals surface area contributed by atoms with Crippen LogP contribution in [0.1, 0.15) is 34.6 Å². The summed E-state index contributed by atoms with van der Waals surface area (Å²) in [6.45, 7) is -4.92. The third kappa shape index (κ3) is 21.4. The van der Waals surface area contributed by atoms with Crippen LogP contribution in [0.25, 0.3) is 0 Å². The number of ether oxygens (including phenoxy) is 17. The van der Waals surface area contributed by atoms with Crippen LogP contribution in [0, 0.1) is 0 Å². The Hall–Kier alpha value is -4.29. The predicted octanol–water partition coefficient (Wildman–Crippen LogP) is -19.9. The van der Waals surface area contributed by atoms with Crippen molar-refractivity contribution in [3.8, 4) is 0 Å². The molecule has 115 heavy (non-hydrogen) atoms. The molecule has 0 bridgehead atoms. The largest absolute Gasteiger partial charge is 0.394 e. The fourth-order valence-corrected chi connectivity index (χ4v) is 14.8. The lowest BCUT2D eigenvalue weighted by molar-refractivity contribution is -0.397. The number of rotatable bonds is 30. The van der Waals surface area contributed by atoms with Gasteiger partial charge in [-0.1, -0.05) is 0 Å². The lowest BCUT2D eigenvalue weighted by Gasteiger charge is -2.51. The first-order valence-electron chi connectivity index (χ1n) is 36.6. The van der Waals surface area contributed by atoms with Gasteiger partial charge >= 0.3 is 0 Å². The van der Waals surface area contributed by atoms with Crippen molar-refractivity contribution in [2.75, 3.05) is 59.5 Å². The minimum absolute atomic E-state index is 0.793. The number of nitrogens with one attached hydrogen (secondary N) is 5. The van der Waals surface area contributed by atoms with Crippen LogP contribution in [0.3, 0.4) is 0 Å². The molecule has 9 heterocycles. The lowest BCUT2D eigenvalue weighted by Crippen LogP contribution is -2.70. The van der Waals surface area contributed by atoms with Crippen molar-refractivity contribution in [3.63, 3.8) is 0 Å². The molecule has 51 heteroatoms. The molecule has 5 amide bonds. The Labute approximate surface area is 651 Å². The van der Waals surface area contributed by atoms with Crippen LogP contribution >= 0.6 is 0 Å². The van der Waals surface area contributed by atoms with Crippen molar-refractivity contribution < 1.29 is 227 Å². The van der Waals surface area contributed by atoms with E-state index < -0.39 is 365 Å². The molecule has 29 N–H and O–H groups in total. The van der Waals surface area contributed by atoms with Gasteiger partial charge in [0.1, 0.15) is 219 Å². The van der Waals surface area contributed by atoms with Crippen LogP contribution in [0.15, 0.2) is 0 Å². The van der Waals surface area contributed by atoms with Gasteiger partial charge in [0, 0.05) is 34.6 Å². The van der Waals surface area contributed by atoms with Crippen LogP contribution in [-0.2, 0) is 104 Å². The number of aliphatic hydroxyl groups excluding tert-OH is 24. The van der Waals surface area contributed by atoms with E-state index in [1.165, 1.54) is 0 Å². The highest BCUT2D eigenvalue weighted by Gasteiger charge is 2.61. The Bertz CT molecular complexity index is 3100. The molecule has 664 valence electrons. The molecule has 9 aliphatic rings. The Kier molecular flexibility index (Phi) is 34.1. The van der Waals surface area contributed by atoms with Crippen LogP contribution in [0.4, 0.5) is 0 Å². The first-order chi connectivity index (χ1) is 54.4. The summed E-state index contributed by atoms with van der Waals surface area (Å²) in [4.78, 5) is 63.2. The zero-order valence-corrected chi connectivity index (χ0v) is 62.1. The molecule has 1 unspecified atom stereocenters. The highest BCUT2D eigenvalue weighted by Crippen LogP contribution is 2.40. The SMILES string of the molecule is CC(=O)N[C@@H]1[C@H](O[C@@H]2[C@@H](O[C@@H]3[C@H](O)[C@H](O[C@H]4[C@H](O)[C@@H](NC(C)=O)[C@H](O[C@H]5[C@H](O)[C@@H](NC(C)=O)C(O)O[C@@H]5CO)O[C@@H]4CO)O[C@H](CO[C@H]4O[C@H](CO[C@@H]5O[C@H](CO)[C@@H](O)[C@H](O)[C@H]5NC(C)=O)[C@@H](O)[C@H](O)[C@@H]4O[C@@H]4O[C@H](CO)[C@@H](O[C@@H]5O[C@H](CO)[C@H](O)[C@H](O)[C@H]5O)[C@H](O)[C@H]4NC(C)=O)[C@H]3O)O[C@H](CO)[C@@H](O)[C@@H]2O)O[C@H](CO)[C@@H](O)[C@@H]1O. The van der Waals surface area contributed by atoms with Crippen molar-refractivity contribution in [3.05, 3.63) is 0 Å². The smallest absolute Gasteiger partial charge is 0.217 e. The Morgan fingerprint density at radius 3 is 0.913 bits per heavy atom. The van der Waals surface area contributed by atoms with Gasteiger partial charge < -0.3 is 230 Å². The van der Waals surface area contributed by atoms with E-state index in [1.807, 2.05) is 0 Å². The van der Waals surface area contributed by atoms with Gasteiger partial charge in [0.2, 0.25) is 29.5 Å². The molecule has 0 aromatic heterocycles. The maximum atomic E-state index is 13.0. The second kappa shape index (κ2) is 41.5. The zero-order chi connectivity index (χ0) is 84.8. The minimum atomic E-state index is -2.58. The number of hydrogen-bond donors (Lipinski definition) is 29. The molecule has 45 atom stereocenters. The lowest BCUT2D eigenvalue weighted by atomic mass is 9.93. The Balaban J connectivity index is 1.10. The molecule has 9 fully saturated rings. The van der Waals surface area contributed by atoms with E-state index in [4.69, 9.17) is 80.5 Å². The summed E-state index contributed by atoms with van der Waals surface area (Å²) >= 11 is 0. The van der Waals surface area contributed by atoms with Crippen molar-refractivity contribution in [1.29, 1.82) is 0 Å². The van der Waals surface area contributed by atoms with Gasteiger partial charge in [0.25, 0.3) is 0 Å². The molecule has 9 saturated heterocycles. The molecule has 9 rings (SSSR count). The molecule has 0 aromatic carbocycles. The van der Waals surface area contributed by atoms with Crippen LogP contribution in [-0.4, -0.2) is 488 Å². The summed E-state index contributed by atoms with van der Waals surface area (Å²) in [6.07, 6.45) is -83.5. The van der Waals surface area contributed by atoms with Crippen molar-refractivity contribution >= 4 is 29.5 Å². The number of carbonyl (C=O) groups excluding carboxylic acids is 5. The number of amides is 5. The third-order valence-corrected chi connectivity index (χ3v) is 20.7. The molecule has 0 spiro atoms. The highest BCUT2D eigenvalue weighted by molar-refractivity contribution is 5.75. The summed E-state index contributed by atoms with van der Waals surface area (Å²) in [7, 11) is 0. The number of aliphatic hydroxyl groups is 24. The predicted molar refractivity (Wildman–Crippen MR) is 355 cm³/mol. The fraction of sp³-hybridized carbons (Fsp3) is 0.922. The van der Waals surface area contributed by atoms with Crippen LogP contribution in [0.5, 0.6) is 0 Å². The average molecular weight is 1680 g/mol. The first-order valence-corrected chi connectivity index (χ1v) is 36.6. The van der Waals surface area contributed by atoms with Crippen molar-refractivity contribution in [2.45, 2.75) is 311 Å². The summed E-state index contributed by atoms with van der Waals surface area (Å²) in [6, 6.07) is -9.03. The number of carbonyl (C=O) groups is 5. The van der Waals surface area contributed by atoms with Gasteiger partial charge in [-0.25, -0.2) is 0 Å². The quantitative estimate of drug-likeness (QED) is 0.0318. The molecule has 51 nitrogen and oxygen atoms in total. The monoisotopic (exact) mass is 1680 g/mol. The fourth-order valence-electron chi connectivity index (χ4n) is 14.8. The molecule has 0 radical (unpaired) electrons. The summed E-state index contributed by atoms with van der Waals surface area (Å²) in [5.41, 5.74) is 0. The molecular weight excluding hydrogens is 1570 g/mol. The molecular formula is C64H107N5O46. The second-order valence-corrected chi connectivity index (χ2v) is 28.9. The maximum absolute atomic E-state index is 13.0. The van der Waals surface area contributed by atoms with E-state index in [1.54, 1.807) is 0 Å². The van der Waals surface area contributed by atoms with Gasteiger partial charge in [-0.3, -0.25) is 24.0 Å². The third-order valence-electron chi connectivity index (χ3n) is 20.7. The van der Waals surface area contributed by atoms with Crippen molar-refractivity contribution in [2.24, 2.45) is 0 Å². The maximum Gasteiger partial charge on any atom is 0.217 e. The van der Waals surface area contributed by atoms with E-state index in [2.05, 4.69) is 26.6 Å². The van der Waals surface area contributed by atoms with Crippen LogP contribution in [0.2, 0.25) is 0 Å². The summed E-state index contributed by atoms with van der Waals surface area (Å²) < 4.78 is 101. The van der Waals surface area contributed by atoms with E-state index in [0.717, 1.165) is 34.6 Å². The van der Waals surface area contributed by atoms with Gasteiger partial charge in [-0.15, -0.1) is 0 Å². The molecule has 9 aliphatic heterocycles. The van der Waals surface area contributed by atoms with Gasteiger partial charge in [-0.05, 0) is 0 Å². The summed E-state index contributed by atoms with van der Waals surface area (Å²) in [5.74, 6) is -4.41. The number of hydrogen-bond acceptors (Lipinski definition) is 46. The molecule has 0 aromatic rings. The Morgan fingerprint density at radius 1 is 0.226 bits per heavy atom. The van der Waals surface area contributed by atoms with E-state index in [0.29, 0.717) is 0 Å². The average Bonchev–Trinajstić information content (AvgIpc) is 0.765. The minimum Gasteiger partial charge on any atom is -0.394 e. The summed E-state index contributed by atoms with van der Waals surface area (Å²) in [5, 5.41) is 280. The van der Waals surface area contributed by atoms with E-state index in [9.17, 15) is 147 Å². The van der Waals surface area contributed by atoms with Crippen molar-refractivity contribution in [1.82, 2.24) is 26.6 Å². The first kappa shape index (κ1) is 94.6. The normalized spacial score (nSPS) is 47.9. The van der Waals surface area contributed by atoms with Gasteiger partial charge in [0.15, 0.2) is 56.6 Å². The standard InChI is InChI=1S/C64H107N5O46/c1-15(77)65-29-42(90)50(24(10-74)101-56(29)98)110-59-32(68-18(4)80)43(91)52(26(12-76)106-59)112-62-49(97)53(113-64-55(46(94)37(85)23(9-73)105-64)115-58-31(67-17(3)79)41(89)35(83)21(7-71)103-58)39(87)28(108-62)14-100-63-54(47(95)38(86)27(109-63)13-99-57-30(66-16(2)78)40(88)34(82)20(6-70)102-57)114-60-33(69-19(5)81)44(92)51(25(11-75)107-60)111-61-48(96)45(93)36(84)22(8-72)104-61/h20-64,70-76,82-98H,6-14H2,1-5H3,(H,65,77)(H,66,78)(H,67,79)(H,68,80)(H,69,81)/t20-,21-,22-,23-,24-,25-,26-,27-,28-,29-,30-,31+,32-,33-,34-,35-,36+,37-,38-,39-,40-,41-,42-,43-,44-,45+,46+,47+,48-,49+,50-,51-,52-,53+,54+,55+,56?,57-,58+,59+,60+,61+,62+,63+,64-/m1/s1. The van der Waals surface area contributed by atoms with E-state index >= 15 is 0 Å². The second-order valence-electron chi connectivity index (χ2n) is 28.9. The zero-order valence-electron chi connectivity index (χ0n) is 62.1. The Morgan fingerprint density at radius 2 is 0.487 bits per heavy atom. The van der Waals surface area contributed by atoms with Gasteiger partial charge in [0.05, 0.1) is 59.5 Å². The topological polar surface area (TPSA) is 788 Å². The highest BCUT2D eigenvalue weighted by atomic mass is 16.8. The van der Waals surface area contributed by atoms with Crippen LogP contribution < -0.4 is 26.6 Å². The van der Waals surface area contributed by atoms with Gasteiger partial charge in [-0.2, -0.15) is 0 Å². The molecule has 0 saturated carbocycles. The van der Waals surface area contributed by atoms with E-state index in [-0.39, 0.29) is 0 Å². The molecule has 0 aliphatic carbocycles.